The van der Waals surface area contributed by atoms with E-state index in [0.29, 0.717) is 16.9 Å². The second-order valence-corrected chi connectivity index (χ2v) is 4.70. The molecule has 0 aliphatic rings. The zero-order valence-corrected chi connectivity index (χ0v) is 11.3. The van der Waals surface area contributed by atoms with Crippen LogP contribution in [0.3, 0.4) is 0 Å². The van der Waals surface area contributed by atoms with Gasteiger partial charge >= 0.3 is 0 Å². The number of nitrogens with one attached hydrogen (secondary N) is 2. The van der Waals surface area contributed by atoms with Crippen LogP contribution in [0.25, 0.3) is 0 Å². The van der Waals surface area contributed by atoms with Crippen molar-refractivity contribution >= 4 is 17.3 Å². The molecule has 1 amide bonds. The minimum Gasteiger partial charge on any atom is -0.395 e. The number of hydrogen-bond acceptors (Lipinski definition) is 4. The molecular formula is C14H15N5O. The SMILES string of the molecule is CC(C)c1[nH]nc(C(=O)Nc2cccc(C#N)c2)c1N. The molecule has 0 fully saturated rings. The van der Waals surface area contributed by atoms with E-state index in [9.17, 15) is 4.79 Å². The second kappa shape index (κ2) is 5.45. The summed E-state index contributed by atoms with van der Waals surface area (Å²) in [6.07, 6.45) is 0. The van der Waals surface area contributed by atoms with Crippen LogP contribution in [-0.2, 0) is 0 Å². The standard InChI is InChI=1S/C14H15N5O/c1-8(2)12-11(16)13(19-18-12)14(20)17-10-5-3-4-9(6-10)7-15/h3-6,8H,16H2,1-2H3,(H,17,20)(H,18,19). The average Bonchev–Trinajstić information content (AvgIpc) is 2.81. The Morgan fingerprint density at radius 2 is 2.25 bits per heavy atom. The van der Waals surface area contributed by atoms with Crippen LogP contribution in [0.4, 0.5) is 11.4 Å². The van der Waals surface area contributed by atoms with Gasteiger partial charge in [0.2, 0.25) is 0 Å². The fourth-order valence-corrected chi connectivity index (χ4v) is 1.83. The Kier molecular flexibility index (Phi) is 3.71. The number of aromatic nitrogens is 2. The summed E-state index contributed by atoms with van der Waals surface area (Å²) >= 11 is 0. The number of H-pyrrole nitrogens is 1. The molecular weight excluding hydrogens is 254 g/mol. The smallest absolute Gasteiger partial charge is 0.278 e. The lowest BCUT2D eigenvalue weighted by atomic mass is 10.1. The highest BCUT2D eigenvalue weighted by molar-refractivity contribution is 6.06. The summed E-state index contributed by atoms with van der Waals surface area (Å²) in [6.45, 7) is 3.92. The van der Waals surface area contributed by atoms with Crippen molar-refractivity contribution in [3.63, 3.8) is 0 Å². The number of carbonyl (C=O) groups is 1. The molecule has 102 valence electrons. The van der Waals surface area contributed by atoms with E-state index in [1.807, 2.05) is 19.9 Å². The number of rotatable bonds is 3. The van der Waals surface area contributed by atoms with E-state index >= 15 is 0 Å². The van der Waals surface area contributed by atoms with E-state index in [1.54, 1.807) is 24.3 Å². The van der Waals surface area contributed by atoms with Gasteiger partial charge in [-0.1, -0.05) is 19.9 Å². The quantitative estimate of drug-likeness (QED) is 0.794. The lowest BCUT2D eigenvalue weighted by Gasteiger charge is -2.05. The van der Waals surface area contributed by atoms with E-state index in [2.05, 4.69) is 15.5 Å². The van der Waals surface area contributed by atoms with Crippen LogP contribution in [0, 0.1) is 11.3 Å². The molecule has 0 atom stereocenters. The number of nitrogens with zero attached hydrogens (tertiary/aromatic N) is 2. The Labute approximate surface area is 116 Å². The van der Waals surface area contributed by atoms with Crippen molar-refractivity contribution in [2.75, 3.05) is 11.1 Å². The number of amides is 1. The summed E-state index contributed by atoms with van der Waals surface area (Å²) in [6, 6.07) is 8.66. The van der Waals surface area contributed by atoms with Crippen molar-refractivity contribution in [1.29, 1.82) is 5.26 Å². The van der Waals surface area contributed by atoms with Crippen molar-refractivity contribution in [3.8, 4) is 6.07 Å². The molecule has 1 aromatic carbocycles. The molecule has 0 unspecified atom stereocenters. The first-order valence-electron chi connectivity index (χ1n) is 6.18. The summed E-state index contributed by atoms with van der Waals surface area (Å²) < 4.78 is 0. The number of hydrogen-bond donors (Lipinski definition) is 3. The second-order valence-electron chi connectivity index (χ2n) is 4.70. The lowest BCUT2D eigenvalue weighted by molar-refractivity contribution is 0.102. The molecule has 6 heteroatoms. The average molecular weight is 269 g/mol. The third-order valence-corrected chi connectivity index (χ3v) is 2.88. The Morgan fingerprint density at radius 3 is 2.85 bits per heavy atom. The Bertz CT molecular complexity index is 681. The van der Waals surface area contributed by atoms with Gasteiger partial charge < -0.3 is 11.1 Å². The van der Waals surface area contributed by atoms with Gasteiger partial charge in [-0.05, 0) is 24.1 Å². The van der Waals surface area contributed by atoms with E-state index in [1.165, 1.54) is 0 Å². The number of nitriles is 1. The Balaban J connectivity index is 2.22. The lowest BCUT2D eigenvalue weighted by Crippen LogP contribution is -2.14. The first kappa shape index (κ1) is 13.6. The van der Waals surface area contributed by atoms with Crippen molar-refractivity contribution < 1.29 is 4.79 Å². The molecule has 2 rings (SSSR count). The van der Waals surface area contributed by atoms with Crippen molar-refractivity contribution in [2.24, 2.45) is 0 Å². The van der Waals surface area contributed by atoms with Gasteiger partial charge in [-0.25, -0.2) is 0 Å². The first-order valence-corrected chi connectivity index (χ1v) is 6.18. The molecule has 2 aromatic rings. The van der Waals surface area contributed by atoms with Crippen LogP contribution in [0.5, 0.6) is 0 Å². The maximum absolute atomic E-state index is 12.1. The molecule has 20 heavy (non-hydrogen) atoms. The van der Waals surface area contributed by atoms with E-state index in [0.717, 1.165) is 5.69 Å². The summed E-state index contributed by atoms with van der Waals surface area (Å²) in [4.78, 5) is 12.1. The van der Waals surface area contributed by atoms with Gasteiger partial charge in [-0.2, -0.15) is 10.4 Å². The Morgan fingerprint density at radius 1 is 1.50 bits per heavy atom. The predicted octanol–water partition coefficient (Wildman–Crippen LogP) is 2.24. The van der Waals surface area contributed by atoms with Crippen molar-refractivity contribution in [1.82, 2.24) is 10.2 Å². The van der Waals surface area contributed by atoms with E-state index in [4.69, 9.17) is 11.0 Å². The molecule has 6 nitrogen and oxygen atoms in total. The van der Waals surface area contributed by atoms with Gasteiger partial charge in [0, 0.05) is 5.69 Å². The van der Waals surface area contributed by atoms with Gasteiger partial charge in [-0.3, -0.25) is 9.89 Å². The number of benzene rings is 1. The topological polar surface area (TPSA) is 108 Å². The van der Waals surface area contributed by atoms with Crippen LogP contribution in [0.1, 0.15) is 41.5 Å². The molecule has 0 radical (unpaired) electrons. The van der Waals surface area contributed by atoms with Crippen molar-refractivity contribution in [3.05, 3.63) is 41.2 Å². The molecule has 1 aromatic heterocycles. The summed E-state index contributed by atoms with van der Waals surface area (Å²) in [5, 5.41) is 18.2. The van der Waals surface area contributed by atoms with Crippen LogP contribution < -0.4 is 11.1 Å². The highest BCUT2D eigenvalue weighted by Crippen LogP contribution is 2.22. The number of carbonyl (C=O) groups excluding carboxylic acids is 1. The zero-order chi connectivity index (χ0) is 14.7. The van der Waals surface area contributed by atoms with Gasteiger partial charge in [0.25, 0.3) is 5.91 Å². The fourth-order valence-electron chi connectivity index (χ4n) is 1.83. The van der Waals surface area contributed by atoms with Crippen LogP contribution >= 0.6 is 0 Å². The minimum atomic E-state index is -0.402. The molecule has 0 spiro atoms. The number of nitrogen functional groups attached to an aromatic ring is 1. The van der Waals surface area contributed by atoms with Gasteiger partial charge in [0.05, 0.1) is 23.0 Å². The number of aromatic amines is 1. The molecule has 0 bridgehead atoms. The van der Waals surface area contributed by atoms with Crippen LogP contribution in [-0.4, -0.2) is 16.1 Å². The largest absolute Gasteiger partial charge is 0.395 e. The molecule has 0 saturated heterocycles. The molecule has 1 heterocycles. The maximum atomic E-state index is 12.1. The van der Waals surface area contributed by atoms with Crippen LogP contribution in [0.2, 0.25) is 0 Å². The Hall–Kier alpha value is -2.81. The van der Waals surface area contributed by atoms with E-state index < -0.39 is 5.91 Å². The molecule has 4 N–H and O–H groups in total. The predicted molar refractivity (Wildman–Crippen MR) is 76.2 cm³/mol. The first-order chi connectivity index (χ1) is 9.52. The molecule has 0 aliphatic heterocycles. The normalized spacial score (nSPS) is 10.3. The third kappa shape index (κ3) is 2.62. The van der Waals surface area contributed by atoms with Crippen LogP contribution in [0.15, 0.2) is 24.3 Å². The summed E-state index contributed by atoms with van der Waals surface area (Å²) in [5.41, 5.74) is 8.17. The monoisotopic (exact) mass is 269 g/mol. The number of anilines is 2. The maximum Gasteiger partial charge on any atom is 0.278 e. The highest BCUT2D eigenvalue weighted by Gasteiger charge is 2.18. The van der Waals surface area contributed by atoms with Gasteiger partial charge in [0.15, 0.2) is 5.69 Å². The summed E-state index contributed by atoms with van der Waals surface area (Å²) in [5.74, 6) is -0.244. The molecule has 0 saturated carbocycles. The van der Waals surface area contributed by atoms with Gasteiger partial charge in [-0.15, -0.1) is 0 Å². The number of nitrogens with two attached hydrogens (primary N) is 1. The van der Waals surface area contributed by atoms with Crippen molar-refractivity contribution in [2.45, 2.75) is 19.8 Å². The molecule has 0 aliphatic carbocycles. The van der Waals surface area contributed by atoms with Gasteiger partial charge in [0.1, 0.15) is 0 Å². The highest BCUT2D eigenvalue weighted by atomic mass is 16.2. The summed E-state index contributed by atoms with van der Waals surface area (Å²) in [7, 11) is 0. The fraction of sp³-hybridized carbons (Fsp3) is 0.214. The van der Waals surface area contributed by atoms with E-state index in [-0.39, 0.29) is 11.6 Å². The third-order valence-electron chi connectivity index (χ3n) is 2.88. The minimum absolute atomic E-state index is 0.158. The zero-order valence-electron chi connectivity index (χ0n) is 11.3.